The molecule has 0 atom stereocenters. The van der Waals surface area contributed by atoms with Crippen LogP contribution < -0.4 is 10.2 Å². The Labute approximate surface area is 115 Å². The fourth-order valence-corrected chi connectivity index (χ4v) is 1.99. The van der Waals surface area contributed by atoms with Crippen molar-refractivity contribution in [3.8, 4) is 17.5 Å². The maximum atomic E-state index is 11.6. The molecule has 96 valence electrons. The van der Waals surface area contributed by atoms with Crippen LogP contribution in [0.3, 0.4) is 0 Å². The Balaban J connectivity index is 2.75. The molecule has 2 aromatic rings. The Kier molecular flexibility index (Phi) is 3.59. The molecule has 4 nitrogen and oxygen atoms in total. The number of hydrogen-bond donors (Lipinski definition) is 0. The molecule has 0 aliphatic carbocycles. The van der Waals surface area contributed by atoms with Gasteiger partial charge in [-0.05, 0) is 25.1 Å². The van der Waals surface area contributed by atoms with Crippen LogP contribution in [-0.2, 0) is 0 Å². The highest BCUT2D eigenvalue weighted by molar-refractivity contribution is 6.30. The van der Waals surface area contributed by atoms with Crippen LogP contribution in [0.5, 0.6) is 5.75 Å². The van der Waals surface area contributed by atoms with Crippen LogP contribution in [0.2, 0.25) is 5.02 Å². The molecule has 0 aliphatic rings. The van der Waals surface area contributed by atoms with Gasteiger partial charge >= 0.3 is 0 Å². The number of methoxy groups -OCH3 is 1. The number of pyridine rings is 1. The summed E-state index contributed by atoms with van der Waals surface area (Å²) in [6, 6.07) is 8.47. The lowest BCUT2D eigenvalue weighted by Gasteiger charge is -2.14. The van der Waals surface area contributed by atoms with Gasteiger partial charge in [0.25, 0.3) is 0 Å². The van der Waals surface area contributed by atoms with Gasteiger partial charge in [-0.3, -0.25) is 4.79 Å². The number of ether oxygens (including phenoxy) is 1. The van der Waals surface area contributed by atoms with Crippen molar-refractivity contribution in [3.05, 3.63) is 57.0 Å². The van der Waals surface area contributed by atoms with Crippen LogP contribution in [0.4, 0.5) is 0 Å². The summed E-state index contributed by atoms with van der Waals surface area (Å²) in [7, 11) is 1.55. The van der Waals surface area contributed by atoms with Crippen molar-refractivity contribution in [1.29, 1.82) is 5.26 Å². The van der Waals surface area contributed by atoms with Gasteiger partial charge < -0.3 is 9.30 Å². The van der Waals surface area contributed by atoms with Gasteiger partial charge in [-0.2, -0.15) is 5.26 Å². The summed E-state index contributed by atoms with van der Waals surface area (Å²) in [5.74, 6) is 0.611. The van der Waals surface area contributed by atoms with Crippen molar-refractivity contribution >= 4 is 11.6 Å². The zero-order valence-corrected chi connectivity index (χ0v) is 11.2. The van der Waals surface area contributed by atoms with Crippen LogP contribution in [0.25, 0.3) is 5.69 Å². The third-order valence-electron chi connectivity index (χ3n) is 2.76. The second kappa shape index (κ2) is 5.17. The molecular formula is C14H11ClN2O2. The fraction of sp³-hybridized carbons (Fsp3) is 0.143. The summed E-state index contributed by atoms with van der Waals surface area (Å²) in [5, 5.41) is 9.49. The molecule has 1 heterocycles. The molecule has 0 spiro atoms. The van der Waals surface area contributed by atoms with Crippen molar-refractivity contribution in [3.63, 3.8) is 0 Å². The van der Waals surface area contributed by atoms with Crippen LogP contribution in [-0.4, -0.2) is 11.7 Å². The van der Waals surface area contributed by atoms with E-state index in [0.29, 0.717) is 22.2 Å². The Morgan fingerprint density at radius 3 is 2.74 bits per heavy atom. The van der Waals surface area contributed by atoms with Crippen molar-refractivity contribution in [1.82, 2.24) is 4.57 Å². The monoisotopic (exact) mass is 274 g/mol. The van der Waals surface area contributed by atoms with Gasteiger partial charge in [-0.15, -0.1) is 0 Å². The lowest BCUT2D eigenvalue weighted by atomic mass is 10.2. The maximum absolute atomic E-state index is 11.6. The summed E-state index contributed by atoms with van der Waals surface area (Å²) in [6.07, 6.45) is 1.49. The Hall–Kier alpha value is -2.25. The second-order valence-electron chi connectivity index (χ2n) is 3.99. The molecule has 1 aromatic heterocycles. The van der Waals surface area contributed by atoms with E-state index in [0.717, 1.165) is 0 Å². The van der Waals surface area contributed by atoms with Crippen molar-refractivity contribution in [2.75, 3.05) is 7.11 Å². The molecule has 0 amide bonds. The zero-order valence-electron chi connectivity index (χ0n) is 10.5. The number of hydrogen-bond acceptors (Lipinski definition) is 3. The lowest BCUT2D eigenvalue weighted by molar-refractivity contribution is 0.412. The zero-order chi connectivity index (χ0) is 14.0. The first-order valence-corrected chi connectivity index (χ1v) is 5.92. The number of nitriles is 1. The van der Waals surface area contributed by atoms with E-state index in [2.05, 4.69) is 0 Å². The van der Waals surface area contributed by atoms with Gasteiger partial charge in [-0.1, -0.05) is 11.6 Å². The van der Waals surface area contributed by atoms with Crippen molar-refractivity contribution < 1.29 is 4.74 Å². The number of rotatable bonds is 2. The molecule has 2 rings (SSSR count). The first kappa shape index (κ1) is 13.2. The highest BCUT2D eigenvalue weighted by Crippen LogP contribution is 2.27. The molecule has 0 saturated heterocycles. The molecule has 0 radical (unpaired) electrons. The van der Waals surface area contributed by atoms with Gasteiger partial charge in [-0.25, -0.2) is 0 Å². The van der Waals surface area contributed by atoms with E-state index in [9.17, 15) is 4.79 Å². The summed E-state index contributed by atoms with van der Waals surface area (Å²) in [4.78, 5) is 11.6. The summed E-state index contributed by atoms with van der Waals surface area (Å²) < 4.78 is 6.99. The van der Waals surface area contributed by atoms with E-state index in [1.165, 1.54) is 12.3 Å². The van der Waals surface area contributed by atoms with Crippen molar-refractivity contribution in [2.45, 2.75) is 6.92 Å². The fourth-order valence-electron chi connectivity index (χ4n) is 1.83. The Morgan fingerprint density at radius 2 is 2.11 bits per heavy atom. The highest BCUT2D eigenvalue weighted by atomic mass is 35.5. The van der Waals surface area contributed by atoms with Gasteiger partial charge in [0.1, 0.15) is 17.4 Å². The molecule has 0 saturated carbocycles. The topological polar surface area (TPSA) is 55.0 Å². The maximum Gasteiger partial charge on any atom is 0.199 e. The quantitative estimate of drug-likeness (QED) is 0.846. The third-order valence-corrected chi connectivity index (χ3v) is 3.00. The number of halogens is 1. The minimum absolute atomic E-state index is 0.0765. The minimum atomic E-state index is -0.294. The standard InChI is InChI=1S/C14H11ClN2O2/c1-9-5-13(18)10(7-16)8-17(9)12-6-11(15)3-4-14(12)19-2/h3-6,8H,1-2H3. The van der Waals surface area contributed by atoms with Crippen LogP contribution in [0.15, 0.2) is 35.3 Å². The SMILES string of the molecule is COc1ccc(Cl)cc1-n1cc(C#N)c(=O)cc1C. The van der Waals surface area contributed by atoms with Gasteiger partial charge in [0.15, 0.2) is 5.43 Å². The number of aromatic nitrogens is 1. The van der Waals surface area contributed by atoms with Gasteiger partial charge in [0.2, 0.25) is 0 Å². The highest BCUT2D eigenvalue weighted by Gasteiger charge is 2.10. The Bertz CT molecular complexity index is 729. The lowest BCUT2D eigenvalue weighted by Crippen LogP contribution is -2.12. The largest absolute Gasteiger partial charge is 0.495 e. The van der Waals surface area contributed by atoms with Crippen LogP contribution >= 0.6 is 11.6 Å². The summed E-state index contributed by atoms with van der Waals surface area (Å²) in [6.45, 7) is 1.78. The molecule has 0 bridgehead atoms. The average molecular weight is 275 g/mol. The van der Waals surface area contributed by atoms with Crippen LogP contribution in [0, 0.1) is 18.3 Å². The summed E-state index contributed by atoms with van der Waals surface area (Å²) in [5.41, 5.74) is 1.17. The molecule has 19 heavy (non-hydrogen) atoms. The smallest absolute Gasteiger partial charge is 0.199 e. The van der Waals surface area contributed by atoms with E-state index >= 15 is 0 Å². The first-order chi connectivity index (χ1) is 9.06. The minimum Gasteiger partial charge on any atom is -0.495 e. The Morgan fingerprint density at radius 1 is 1.37 bits per heavy atom. The van der Waals surface area contributed by atoms with E-state index in [1.807, 2.05) is 6.07 Å². The number of aryl methyl sites for hydroxylation is 1. The van der Waals surface area contributed by atoms with Crippen molar-refractivity contribution in [2.24, 2.45) is 0 Å². The predicted octanol–water partition coefficient (Wildman–Crippen LogP) is 2.68. The summed E-state index contributed by atoms with van der Waals surface area (Å²) >= 11 is 5.99. The van der Waals surface area contributed by atoms with E-state index in [-0.39, 0.29) is 11.0 Å². The van der Waals surface area contributed by atoms with E-state index in [4.69, 9.17) is 21.6 Å². The van der Waals surface area contributed by atoms with E-state index in [1.54, 1.807) is 36.8 Å². The average Bonchev–Trinajstić information content (AvgIpc) is 2.39. The number of nitrogens with zero attached hydrogens (tertiary/aromatic N) is 2. The van der Waals surface area contributed by atoms with Gasteiger partial charge in [0, 0.05) is 23.0 Å². The van der Waals surface area contributed by atoms with E-state index < -0.39 is 0 Å². The molecule has 1 aromatic carbocycles. The van der Waals surface area contributed by atoms with Gasteiger partial charge in [0.05, 0.1) is 12.8 Å². The molecule has 0 unspecified atom stereocenters. The molecular weight excluding hydrogens is 264 g/mol. The molecule has 0 N–H and O–H groups in total. The molecule has 0 fully saturated rings. The molecule has 5 heteroatoms. The molecule has 0 aliphatic heterocycles. The third kappa shape index (κ3) is 2.47. The second-order valence-corrected chi connectivity index (χ2v) is 4.43. The predicted molar refractivity (Wildman–Crippen MR) is 73.1 cm³/mol. The number of benzene rings is 1. The van der Waals surface area contributed by atoms with Crippen LogP contribution in [0.1, 0.15) is 11.3 Å². The first-order valence-electron chi connectivity index (χ1n) is 5.54. The normalized spacial score (nSPS) is 10.0.